The normalized spacial score (nSPS) is 8.10. The number of benzene rings is 1. The molecule has 1 nitrogen and oxygen atoms in total. The van der Waals surface area contributed by atoms with E-state index in [4.69, 9.17) is 4.74 Å². The van der Waals surface area contributed by atoms with Gasteiger partial charge in [0.25, 0.3) is 0 Å². The maximum Gasteiger partial charge on any atom is 0.0686 e. The predicted octanol–water partition coefficient (Wildman–Crippen LogP) is 1.88. The summed E-state index contributed by atoms with van der Waals surface area (Å²) < 4.78 is 5.17. The van der Waals surface area contributed by atoms with E-state index in [1.54, 1.807) is 0 Å². The van der Waals surface area contributed by atoms with E-state index in [9.17, 15) is 0 Å². The predicted molar refractivity (Wildman–Crippen MR) is 36.4 cm³/mol. The van der Waals surface area contributed by atoms with Crippen LogP contribution in [0.5, 0.6) is 5.75 Å². The second-order valence-electron chi connectivity index (χ2n) is 1.67. The first-order valence-electron chi connectivity index (χ1n) is 3.02. The van der Waals surface area contributed by atoms with Crippen LogP contribution in [0, 0.1) is 6.07 Å². The van der Waals surface area contributed by atoms with Crippen molar-refractivity contribution in [1.82, 2.24) is 0 Å². The van der Waals surface area contributed by atoms with Crippen molar-refractivity contribution in [3.05, 3.63) is 30.3 Å². The Morgan fingerprint density at radius 1 is 1.60 bits per heavy atom. The molecule has 1 aromatic carbocycles. The fourth-order valence-corrected chi connectivity index (χ4v) is 0.633. The van der Waals surface area contributed by atoms with Crippen LogP contribution < -0.4 is 4.74 Å². The molecule has 0 spiro atoms. The Morgan fingerprint density at radius 3 is 2.90 bits per heavy atom. The maximum absolute atomic E-state index is 5.17. The van der Waals surface area contributed by atoms with Gasteiger partial charge in [0.2, 0.25) is 0 Å². The first kappa shape index (κ1) is 9.73. The van der Waals surface area contributed by atoms with Crippen LogP contribution in [0.15, 0.2) is 24.3 Å². The third kappa shape index (κ3) is 3.04. The van der Waals surface area contributed by atoms with Crippen molar-refractivity contribution in [2.24, 2.45) is 0 Å². The summed E-state index contributed by atoms with van der Waals surface area (Å²) in [6, 6.07) is 10.4. The van der Waals surface area contributed by atoms with Crippen LogP contribution in [0.25, 0.3) is 0 Å². The first-order chi connectivity index (χ1) is 4.43. The van der Waals surface area contributed by atoms with Crippen LogP contribution >= 0.6 is 0 Å². The van der Waals surface area contributed by atoms with E-state index in [0.717, 1.165) is 12.4 Å². The van der Waals surface area contributed by atoms with Crippen molar-refractivity contribution in [3.8, 4) is 5.75 Å². The van der Waals surface area contributed by atoms with Crippen LogP contribution in [0.3, 0.4) is 0 Å². The second kappa shape index (κ2) is 5.51. The zero-order chi connectivity index (χ0) is 6.53. The fraction of sp³-hybridized carbons (Fsp3) is 0.250. The minimum atomic E-state index is 0. The summed E-state index contributed by atoms with van der Waals surface area (Å²) in [4.78, 5) is 0. The van der Waals surface area contributed by atoms with E-state index in [0.29, 0.717) is 0 Å². The van der Waals surface area contributed by atoms with Gasteiger partial charge >= 0.3 is 0 Å². The maximum atomic E-state index is 5.17. The molecule has 0 unspecified atom stereocenters. The van der Waals surface area contributed by atoms with Crippen molar-refractivity contribution in [2.45, 2.75) is 6.92 Å². The summed E-state index contributed by atoms with van der Waals surface area (Å²) in [5.74, 6) is 0.889. The average Bonchev–Trinajstić information content (AvgIpc) is 1.91. The molecule has 1 aromatic rings. The number of hydrogen-bond donors (Lipinski definition) is 0. The minimum Gasteiger partial charge on any atom is -0.551 e. The molecular weight excluding hydrogens is 160 g/mol. The van der Waals surface area contributed by atoms with Gasteiger partial charge in [0.15, 0.2) is 0 Å². The van der Waals surface area contributed by atoms with Crippen molar-refractivity contribution < 1.29 is 26.5 Å². The summed E-state index contributed by atoms with van der Waals surface area (Å²) >= 11 is 0. The van der Waals surface area contributed by atoms with Gasteiger partial charge in [-0.15, -0.1) is 12.1 Å². The molecule has 52 valence electrons. The van der Waals surface area contributed by atoms with Crippen LogP contribution in [-0.4, -0.2) is 6.61 Å². The Labute approximate surface area is 76.3 Å². The zero-order valence-electron chi connectivity index (χ0n) is 5.92. The zero-order valence-corrected chi connectivity index (χ0v) is 7.49. The molecule has 0 bridgehead atoms. The molecule has 2 heteroatoms. The van der Waals surface area contributed by atoms with Crippen LogP contribution in [-0.2, 0) is 21.7 Å². The minimum absolute atomic E-state index is 0. The largest absolute Gasteiger partial charge is 0.551 e. The smallest absolute Gasteiger partial charge is 0.0686 e. The van der Waals surface area contributed by atoms with Gasteiger partial charge in [0, 0.05) is 27.5 Å². The van der Waals surface area contributed by atoms with E-state index in [1.165, 1.54) is 0 Å². The standard InChI is InChI=1S/C8H9O.Ti/c1-2-9-8-6-4-3-5-7-8;/h3-4,6-7H,2H2,1H3;/q-1;. The van der Waals surface area contributed by atoms with E-state index >= 15 is 0 Å². The molecule has 0 amide bonds. The average molecular weight is 169 g/mol. The van der Waals surface area contributed by atoms with Crippen LogP contribution in [0.4, 0.5) is 0 Å². The second-order valence-corrected chi connectivity index (χ2v) is 1.67. The third-order valence-electron chi connectivity index (χ3n) is 0.990. The molecule has 0 heterocycles. The molecule has 0 saturated heterocycles. The van der Waals surface area contributed by atoms with Crippen molar-refractivity contribution >= 4 is 0 Å². The molecule has 1 rings (SSSR count). The quantitative estimate of drug-likeness (QED) is 0.485. The van der Waals surface area contributed by atoms with Crippen molar-refractivity contribution in [3.63, 3.8) is 0 Å². The SMILES string of the molecule is CCOc1c[c-]ccc1.[Ti]. The molecule has 0 radical (unpaired) electrons. The Bertz CT molecular complexity index is 162. The van der Waals surface area contributed by atoms with Gasteiger partial charge < -0.3 is 4.74 Å². The summed E-state index contributed by atoms with van der Waals surface area (Å²) in [6.07, 6.45) is 0. The molecule has 0 aliphatic rings. The number of hydrogen-bond acceptors (Lipinski definition) is 1. The van der Waals surface area contributed by atoms with Crippen molar-refractivity contribution in [1.29, 1.82) is 0 Å². The van der Waals surface area contributed by atoms with E-state index < -0.39 is 0 Å². The Hall–Kier alpha value is -0.266. The van der Waals surface area contributed by atoms with Crippen LogP contribution in [0.1, 0.15) is 6.92 Å². The first-order valence-corrected chi connectivity index (χ1v) is 3.02. The van der Waals surface area contributed by atoms with Gasteiger partial charge in [-0.2, -0.15) is 18.2 Å². The van der Waals surface area contributed by atoms with Gasteiger partial charge in [0.05, 0.1) is 6.61 Å². The molecule has 0 N–H and O–H groups in total. The Kier molecular flexibility index (Phi) is 5.37. The Morgan fingerprint density at radius 2 is 2.40 bits per heavy atom. The van der Waals surface area contributed by atoms with Gasteiger partial charge in [0.1, 0.15) is 0 Å². The molecular formula is C8H9OTi-. The summed E-state index contributed by atoms with van der Waals surface area (Å²) in [7, 11) is 0. The molecule has 0 saturated carbocycles. The molecule has 0 aliphatic heterocycles. The van der Waals surface area contributed by atoms with Gasteiger partial charge in [-0.05, 0) is 6.92 Å². The molecule has 0 atom stereocenters. The molecule has 0 aromatic heterocycles. The summed E-state index contributed by atoms with van der Waals surface area (Å²) in [5, 5.41) is 0. The van der Waals surface area contributed by atoms with E-state index in [2.05, 4.69) is 6.07 Å². The molecule has 10 heavy (non-hydrogen) atoms. The Balaban J connectivity index is 0.000000810. The van der Waals surface area contributed by atoms with Gasteiger partial charge in [-0.1, -0.05) is 0 Å². The monoisotopic (exact) mass is 169 g/mol. The molecule has 0 aliphatic carbocycles. The third-order valence-corrected chi connectivity index (χ3v) is 0.990. The number of ether oxygens (including phenoxy) is 1. The summed E-state index contributed by atoms with van der Waals surface area (Å²) in [6.45, 7) is 2.69. The summed E-state index contributed by atoms with van der Waals surface area (Å²) in [5.41, 5.74) is 0. The van der Waals surface area contributed by atoms with Crippen LogP contribution in [0.2, 0.25) is 0 Å². The van der Waals surface area contributed by atoms with Crippen molar-refractivity contribution in [2.75, 3.05) is 6.61 Å². The topological polar surface area (TPSA) is 9.23 Å². The van der Waals surface area contributed by atoms with E-state index in [1.807, 2.05) is 31.2 Å². The molecule has 0 fully saturated rings. The van der Waals surface area contributed by atoms with Gasteiger partial charge in [-0.3, -0.25) is 0 Å². The van der Waals surface area contributed by atoms with Gasteiger partial charge in [-0.25, -0.2) is 0 Å². The van der Waals surface area contributed by atoms with E-state index in [-0.39, 0.29) is 21.7 Å². The fourth-order valence-electron chi connectivity index (χ4n) is 0.633. The number of rotatable bonds is 2.